The molecule has 9 nitrogen and oxygen atoms in total. The Balaban J connectivity index is 1.47. The molecule has 1 fully saturated rings. The topological polar surface area (TPSA) is 117 Å². The highest BCUT2D eigenvalue weighted by Gasteiger charge is 2.19. The fraction of sp³-hybridized carbons (Fsp3) is 0.227. The number of nitrogens with zero attached hydrogens (tertiary/aromatic N) is 4. The van der Waals surface area contributed by atoms with Crippen molar-refractivity contribution in [3.8, 4) is 17.6 Å². The number of ether oxygens (including phenoxy) is 2. The lowest BCUT2D eigenvalue weighted by Crippen LogP contribution is -2.17. The third-order valence-electron chi connectivity index (χ3n) is 4.80. The molecule has 4 rings (SSSR count). The van der Waals surface area contributed by atoms with Gasteiger partial charge in [-0.1, -0.05) is 23.5 Å². The van der Waals surface area contributed by atoms with Crippen LogP contribution in [-0.2, 0) is 4.79 Å². The second-order valence-electron chi connectivity index (χ2n) is 6.99. The fourth-order valence-electron chi connectivity index (χ4n) is 3.19. The number of hydrogen-bond acceptors (Lipinski definition) is 10. The van der Waals surface area contributed by atoms with Crippen LogP contribution in [0.15, 0.2) is 41.3 Å². The Morgan fingerprint density at radius 1 is 1.21 bits per heavy atom. The van der Waals surface area contributed by atoms with Crippen molar-refractivity contribution in [2.45, 2.75) is 12.8 Å². The first-order valence-corrected chi connectivity index (χ1v) is 11.7. The second kappa shape index (κ2) is 10.2. The lowest BCUT2D eigenvalue weighted by Gasteiger charge is -2.10. The zero-order chi connectivity index (χ0) is 23.2. The monoisotopic (exact) mass is 481 g/mol. The molecule has 0 radical (unpaired) electrons. The zero-order valence-corrected chi connectivity index (χ0v) is 19.2. The molecule has 0 spiro atoms. The normalized spacial score (nSPS) is 13.5. The highest BCUT2D eigenvalue weighted by atomic mass is 32.1. The maximum absolute atomic E-state index is 12.6. The van der Waals surface area contributed by atoms with Crippen molar-refractivity contribution in [3.05, 3.63) is 51.7 Å². The predicted molar refractivity (Wildman–Crippen MR) is 126 cm³/mol. The van der Waals surface area contributed by atoms with Crippen LogP contribution in [0.5, 0.6) is 11.5 Å². The molecule has 1 aliphatic rings. The first-order chi connectivity index (χ1) is 16.1. The number of nitrogens with one attached hydrogen (secondary N) is 1. The summed E-state index contributed by atoms with van der Waals surface area (Å²) in [6.07, 6.45) is 3.64. The highest BCUT2D eigenvalue weighted by molar-refractivity contribution is 7.19. The summed E-state index contributed by atoms with van der Waals surface area (Å²) in [5, 5.41) is 23.1. The van der Waals surface area contributed by atoms with E-state index in [1.165, 1.54) is 35.9 Å². The van der Waals surface area contributed by atoms with Gasteiger partial charge < -0.3 is 14.4 Å². The predicted octanol–water partition coefficient (Wildman–Crippen LogP) is 3.97. The van der Waals surface area contributed by atoms with Crippen molar-refractivity contribution in [2.24, 2.45) is 0 Å². The summed E-state index contributed by atoms with van der Waals surface area (Å²) >= 11 is 2.55. The van der Waals surface area contributed by atoms with Gasteiger partial charge in [0, 0.05) is 13.1 Å². The number of hydrogen-bond donors (Lipinski definition) is 1. The molecule has 3 heterocycles. The van der Waals surface area contributed by atoms with Crippen molar-refractivity contribution in [1.29, 1.82) is 5.26 Å². The molecular formula is C22H19N5O4S2. The van der Waals surface area contributed by atoms with Crippen LogP contribution >= 0.6 is 22.7 Å². The van der Waals surface area contributed by atoms with Crippen LogP contribution < -0.4 is 19.7 Å². The van der Waals surface area contributed by atoms with E-state index >= 15 is 0 Å². The number of carbonyl (C=O) groups excluding carboxylic acids is 2. The highest BCUT2D eigenvalue weighted by Crippen LogP contribution is 2.31. The van der Waals surface area contributed by atoms with Gasteiger partial charge in [0.25, 0.3) is 5.91 Å². The van der Waals surface area contributed by atoms with E-state index in [9.17, 15) is 14.9 Å². The van der Waals surface area contributed by atoms with E-state index in [1.807, 2.05) is 6.07 Å². The summed E-state index contributed by atoms with van der Waals surface area (Å²) in [5.41, 5.74) is 0.419. The number of thiophene rings is 1. The number of aromatic nitrogens is 2. The molecule has 3 aromatic rings. The molecule has 0 unspecified atom stereocenters. The van der Waals surface area contributed by atoms with Gasteiger partial charge in [0.1, 0.15) is 16.5 Å². The summed E-state index contributed by atoms with van der Waals surface area (Å²) in [4.78, 5) is 27.4. The van der Waals surface area contributed by atoms with Crippen LogP contribution in [0, 0.1) is 11.3 Å². The van der Waals surface area contributed by atoms with E-state index < -0.39 is 11.9 Å². The van der Waals surface area contributed by atoms with Crippen LogP contribution in [0.3, 0.4) is 0 Å². The Bertz CT molecular complexity index is 1220. The molecule has 0 aliphatic carbocycles. The molecule has 0 bridgehead atoms. The molecule has 11 heteroatoms. The molecule has 1 saturated heterocycles. The quantitative estimate of drug-likeness (QED) is 0.233. The largest absolute Gasteiger partial charge is 0.493 e. The number of esters is 1. The third-order valence-corrected chi connectivity index (χ3v) is 6.55. The van der Waals surface area contributed by atoms with E-state index in [0.717, 1.165) is 31.1 Å². The number of methoxy groups -OCH3 is 1. The molecule has 168 valence electrons. The van der Waals surface area contributed by atoms with Crippen LogP contribution in [0.1, 0.15) is 28.1 Å². The van der Waals surface area contributed by atoms with E-state index in [0.29, 0.717) is 21.3 Å². The molecule has 0 saturated carbocycles. The molecule has 33 heavy (non-hydrogen) atoms. The van der Waals surface area contributed by atoms with Gasteiger partial charge in [-0.15, -0.1) is 21.5 Å². The summed E-state index contributed by atoms with van der Waals surface area (Å²) in [6.45, 7) is 1.85. The molecule has 1 N–H and O–H groups in total. The number of anilines is 2. The summed E-state index contributed by atoms with van der Waals surface area (Å²) in [6, 6.07) is 10.1. The van der Waals surface area contributed by atoms with Crippen molar-refractivity contribution in [2.75, 3.05) is 30.4 Å². The van der Waals surface area contributed by atoms with E-state index in [2.05, 4.69) is 20.4 Å². The van der Waals surface area contributed by atoms with Gasteiger partial charge in [0.15, 0.2) is 11.5 Å². The Morgan fingerprint density at radius 2 is 2.03 bits per heavy atom. The van der Waals surface area contributed by atoms with Crippen LogP contribution in [0.2, 0.25) is 0 Å². The Morgan fingerprint density at radius 3 is 2.73 bits per heavy atom. The molecule has 1 aliphatic heterocycles. The van der Waals surface area contributed by atoms with Gasteiger partial charge in [-0.2, -0.15) is 5.26 Å². The minimum atomic E-state index is -0.589. The van der Waals surface area contributed by atoms with E-state index in [4.69, 9.17) is 9.47 Å². The molecule has 1 amide bonds. The number of nitriles is 1. The van der Waals surface area contributed by atoms with Crippen LogP contribution in [-0.4, -0.2) is 42.3 Å². The average molecular weight is 482 g/mol. The van der Waals surface area contributed by atoms with Crippen molar-refractivity contribution in [1.82, 2.24) is 10.2 Å². The fourth-order valence-corrected chi connectivity index (χ4v) is 4.58. The third kappa shape index (κ3) is 5.36. The van der Waals surface area contributed by atoms with Gasteiger partial charge >= 0.3 is 5.97 Å². The standard InChI is InChI=1S/C22H19N5O4S2/c1-30-17-12-14(6-7-16(17)31-20(29)18-5-4-10-32-18)11-15(13-23)19(28)24-21-25-26-22(33-21)27-8-2-3-9-27/h4-7,10-12H,2-3,8-9H2,1H3,(H,24,25,28). The minimum absolute atomic E-state index is 0.113. The lowest BCUT2D eigenvalue weighted by atomic mass is 10.1. The molecule has 2 aromatic heterocycles. The van der Waals surface area contributed by atoms with Crippen molar-refractivity contribution >= 4 is 50.9 Å². The van der Waals surface area contributed by atoms with Crippen molar-refractivity contribution < 1.29 is 19.1 Å². The Kier molecular flexibility index (Phi) is 6.97. The van der Waals surface area contributed by atoms with Gasteiger partial charge in [0.2, 0.25) is 10.3 Å². The number of benzene rings is 1. The first-order valence-electron chi connectivity index (χ1n) is 10.0. The van der Waals surface area contributed by atoms with Gasteiger partial charge in [-0.05, 0) is 48.1 Å². The summed E-state index contributed by atoms with van der Waals surface area (Å²) in [5.74, 6) is -0.548. The zero-order valence-electron chi connectivity index (χ0n) is 17.6. The van der Waals surface area contributed by atoms with Gasteiger partial charge in [-0.25, -0.2) is 4.79 Å². The smallest absolute Gasteiger partial charge is 0.353 e. The number of carbonyl (C=O) groups is 2. The van der Waals surface area contributed by atoms with Crippen LogP contribution in [0.25, 0.3) is 6.08 Å². The van der Waals surface area contributed by atoms with Gasteiger partial charge in [-0.3, -0.25) is 10.1 Å². The Labute approximate surface area is 197 Å². The molecular weight excluding hydrogens is 462 g/mol. The Hall–Kier alpha value is -3.75. The van der Waals surface area contributed by atoms with Gasteiger partial charge in [0.05, 0.1) is 7.11 Å². The first kappa shape index (κ1) is 22.4. The minimum Gasteiger partial charge on any atom is -0.493 e. The summed E-state index contributed by atoms with van der Waals surface area (Å²) < 4.78 is 10.7. The van der Waals surface area contributed by atoms with E-state index in [-0.39, 0.29) is 11.3 Å². The number of amides is 1. The maximum Gasteiger partial charge on any atom is 0.353 e. The average Bonchev–Trinajstić information content (AvgIpc) is 3.60. The summed E-state index contributed by atoms with van der Waals surface area (Å²) in [7, 11) is 1.44. The maximum atomic E-state index is 12.6. The van der Waals surface area contributed by atoms with E-state index in [1.54, 1.807) is 35.7 Å². The SMILES string of the molecule is COc1cc(C=C(C#N)C(=O)Nc2nnc(N3CCCC3)s2)ccc1OC(=O)c1cccs1. The van der Waals surface area contributed by atoms with Crippen LogP contribution in [0.4, 0.5) is 10.3 Å². The second-order valence-corrected chi connectivity index (χ2v) is 8.89. The van der Waals surface area contributed by atoms with Crippen molar-refractivity contribution in [3.63, 3.8) is 0 Å². The lowest BCUT2D eigenvalue weighted by molar-refractivity contribution is -0.112. The number of rotatable bonds is 7. The molecule has 0 atom stereocenters. The molecule has 1 aromatic carbocycles.